The maximum absolute atomic E-state index is 8.66. The van der Waals surface area contributed by atoms with Crippen molar-refractivity contribution in [1.29, 1.82) is 0 Å². The molecule has 1 aromatic rings. The van der Waals surface area contributed by atoms with E-state index in [0.29, 0.717) is 6.61 Å². The average molecular weight is 365 g/mol. The lowest BCUT2D eigenvalue weighted by Crippen LogP contribution is -2.40. The summed E-state index contributed by atoms with van der Waals surface area (Å²) >= 11 is 0. The van der Waals surface area contributed by atoms with Gasteiger partial charge in [-0.15, -0.1) is 0 Å². The molecule has 2 nitrogen and oxygen atoms in total. The monoisotopic (exact) mass is 364 g/mol. The van der Waals surface area contributed by atoms with Crippen LogP contribution in [-0.2, 0) is 4.74 Å². The third-order valence-electron chi connectivity index (χ3n) is 5.09. The second-order valence-corrected chi connectivity index (χ2v) is 12.7. The normalized spacial score (nSPS) is 11.8. The third-order valence-corrected chi connectivity index (χ3v) is 8.59. The van der Waals surface area contributed by atoms with Crippen LogP contribution < -0.4 is 5.19 Å². The molecule has 0 heterocycles. The summed E-state index contributed by atoms with van der Waals surface area (Å²) in [5, 5.41) is 10.3. The van der Waals surface area contributed by atoms with E-state index in [1.165, 1.54) is 63.8 Å². The van der Waals surface area contributed by atoms with Gasteiger partial charge < -0.3 is 9.84 Å². The van der Waals surface area contributed by atoms with E-state index in [-0.39, 0.29) is 6.61 Å². The zero-order valence-electron chi connectivity index (χ0n) is 16.6. The van der Waals surface area contributed by atoms with Gasteiger partial charge in [-0.1, -0.05) is 106 Å². The molecule has 0 unspecified atom stereocenters. The Bertz CT molecular complexity index is 406. The Morgan fingerprint density at radius 2 is 1.24 bits per heavy atom. The zero-order chi connectivity index (χ0) is 18.2. The minimum absolute atomic E-state index is 0.242. The van der Waals surface area contributed by atoms with Gasteiger partial charge in [0.25, 0.3) is 0 Å². The van der Waals surface area contributed by atoms with Gasteiger partial charge in [-0.25, -0.2) is 0 Å². The fraction of sp³-hybridized carbons (Fsp3) is 0.727. The zero-order valence-corrected chi connectivity index (χ0v) is 17.6. The summed E-state index contributed by atoms with van der Waals surface area (Å²) in [5.74, 6) is 0. The molecule has 3 heteroatoms. The van der Waals surface area contributed by atoms with Crippen molar-refractivity contribution >= 4 is 13.3 Å². The van der Waals surface area contributed by atoms with Crippen molar-refractivity contribution in [2.24, 2.45) is 0 Å². The molecule has 144 valence electrons. The maximum Gasteiger partial charge on any atom is 0.0806 e. The molecule has 1 rings (SSSR count). The summed E-state index contributed by atoms with van der Waals surface area (Å²) < 4.78 is 5.45. The van der Waals surface area contributed by atoms with Crippen LogP contribution in [0.15, 0.2) is 30.3 Å². The van der Waals surface area contributed by atoms with Gasteiger partial charge in [0.2, 0.25) is 0 Å². The second kappa shape index (κ2) is 14.5. The van der Waals surface area contributed by atoms with Gasteiger partial charge in [0.15, 0.2) is 0 Å². The Morgan fingerprint density at radius 3 is 1.84 bits per heavy atom. The van der Waals surface area contributed by atoms with Gasteiger partial charge in [0.1, 0.15) is 0 Å². The molecule has 0 aliphatic heterocycles. The Morgan fingerprint density at radius 1 is 0.720 bits per heavy atom. The van der Waals surface area contributed by atoms with Gasteiger partial charge in [-0.3, -0.25) is 0 Å². The smallest absolute Gasteiger partial charge is 0.0806 e. The van der Waals surface area contributed by atoms with E-state index in [9.17, 15) is 0 Å². The standard InChI is InChI=1S/C22H40O2Si/c1-25(2,22-16-11-10-12-17-22)21-14-9-7-5-3-4-6-8-13-19-24-20-15-18-23/h10-12,16-17,23H,3-9,13-15,18-21H2,1-2H3. The average Bonchev–Trinajstić information content (AvgIpc) is 2.63. The molecule has 0 bridgehead atoms. The van der Waals surface area contributed by atoms with Crippen LogP contribution in [-0.4, -0.2) is 33.0 Å². The number of hydrogen-bond donors (Lipinski definition) is 1. The lowest BCUT2D eigenvalue weighted by atomic mass is 10.1. The molecule has 0 radical (unpaired) electrons. The predicted molar refractivity (Wildman–Crippen MR) is 112 cm³/mol. The van der Waals surface area contributed by atoms with Gasteiger partial charge in [0.05, 0.1) is 8.07 Å². The maximum atomic E-state index is 8.66. The molecule has 1 aromatic carbocycles. The van der Waals surface area contributed by atoms with Gasteiger partial charge in [-0.2, -0.15) is 0 Å². The molecule has 0 aliphatic rings. The molecule has 0 atom stereocenters. The second-order valence-electron chi connectivity index (χ2n) is 7.87. The predicted octanol–water partition coefficient (Wildman–Crippen LogP) is 5.51. The summed E-state index contributed by atoms with van der Waals surface area (Å²) in [6, 6.07) is 12.6. The minimum Gasteiger partial charge on any atom is -0.396 e. The van der Waals surface area contributed by atoms with E-state index in [1.807, 2.05) is 0 Å². The molecule has 0 aromatic heterocycles. The fourth-order valence-corrected chi connectivity index (χ4v) is 5.83. The van der Waals surface area contributed by atoms with Crippen molar-refractivity contribution < 1.29 is 9.84 Å². The Balaban J connectivity index is 1.87. The lowest BCUT2D eigenvalue weighted by Gasteiger charge is -2.22. The molecule has 0 saturated carbocycles. The summed E-state index contributed by atoms with van der Waals surface area (Å²) in [7, 11) is -1.21. The number of rotatable bonds is 16. The first-order chi connectivity index (χ1) is 12.2. The Hall–Kier alpha value is -0.643. The van der Waals surface area contributed by atoms with Crippen LogP contribution >= 0.6 is 0 Å². The highest BCUT2D eigenvalue weighted by molar-refractivity contribution is 6.89. The van der Waals surface area contributed by atoms with Crippen LogP contribution in [0, 0.1) is 0 Å². The highest BCUT2D eigenvalue weighted by atomic mass is 28.3. The van der Waals surface area contributed by atoms with Crippen molar-refractivity contribution in [2.45, 2.75) is 83.3 Å². The molecule has 0 spiro atoms. The molecular weight excluding hydrogens is 324 g/mol. The first kappa shape index (κ1) is 22.4. The van der Waals surface area contributed by atoms with Crippen LogP contribution in [0.25, 0.3) is 0 Å². The van der Waals surface area contributed by atoms with E-state index in [1.54, 1.807) is 5.19 Å². The molecule has 25 heavy (non-hydrogen) atoms. The highest BCUT2D eigenvalue weighted by Gasteiger charge is 2.21. The van der Waals surface area contributed by atoms with Crippen LogP contribution in [0.3, 0.4) is 0 Å². The van der Waals surface area contributed by atoms with E-state index >= 15 is 0 Å². The first-order valence-electron chi connectivity index (χ1n) is 10.4. The van der Waals surface area contributed by atoms with E-state index in [0.717, 1.165) is 13.0 Å². The fourth-order valence-electron chi connectivity index (χ4n) is 3.31. The van der Waals surface area contributed by atoms with Crippen molar-refractivity contribution in [3.8, 4) is 0 Å². The van der Waals surface area contributed by atoms with Gasteiger partial charge in [0, 0.05) is 19.8 Å². The molecule has 0 saturated heterocycles. The SMILES string of the molecule is C[Si](C)(CCCCCCCCCCCOCCCO)c1ccccc1. The van der Waals surface area contributed by atoms with Crippen molar-refractivity contribution in [2.75, 3.05) is 19.8 Å². The molecule has 0 amide bonds. The Labute approximate surface area is 157 Å². The summed E-state index contributed by atoms with van der Waals surface area (Å²) in [5.41, 5.74) is 0. The quantitative estimate of drug-likeness (QED) is 0.309. The molecule has 0 aliphatic carbocycles. The number of aliphatic hydroxyl groups excluding tert-OH is 1. The van der Waals surface area contributed by atoms with Crippen LogP contribution in [0.1, 0.15) is 64.2 Å². The van der Waals surface area contributed by atoms with Crippen LogP contribution in [0.4, 0.5) is 0 Å². The summed E-state index contributed by atoms with van der Waals surface area (Å²) in [4.78, 5) is 0. The van der Waals surface area contributed by atoms with Gasteiger partial charge in [-0.05, 0) is 12.8 Å². The number of hydrogen-bond acceptors (Lipinski definition) is 2. The summed E-state index contributed by atoms with van der Waals surface area (Å²) in [6.07, 6.45) is 13.0. The lowest BCUT2D eigenvalue weighted by molar-refractivity contribution is 0.112. The van der Waals surface area contributed by atoms with Gasteiger partial charge >= 0.3 is 0 Å². The van der Waals surface area contributed by atoms with Crippen molar-refractivity contribution in [3.05, 3.63) is 30.3 Å². The largest absolute Gasteiger partial charge is 0.396 e. The number of unbranched alkanes of at least 4 members (excludes halogenated alkanes) is 8. The van der Waals surface area contributed by atoms with E-state index < -0.39 is 8.07 Å². The van der Waals surface area contributed by atoms with Crippen molar-refractivity contribution in [3.63, 3.8) is 0 Å². The summed E-state index contributed by atoms with van der Waals surface area (Å²) in [6.45, 7) is 6.83. The molecule has 0 fully saturated rings. The first-order valence-corrected chi connectivity index (χ1v) is 13.6. The van der Waals surface area contributed by atoms with Crippen LogP contribution in [0.5, 0.6) is 0 Å². The number of benzene rings is 1. The van der Waals surface area contributed by atoms with E-state index in [4.69, 9.17) is 9.84 Å². The third kappa shape index (κ3) is 11.6. The number of ether oxygens (including phenoxy) is 1. The molecule has 1 N–H and O–H groups in total. The highest BCUT2D eigenvalue weighted by Crippen LogP contribution is 2.17. The topological polar surface area (TPSA) is 29.5 Å². The molecular formula is C22H40O2Si. The number of aliphatic hydroxyl groups is 1. The minimum atomic E-state index is -1.21. The van der Waals surface area contributed by atoms with Crippen molar-refractivity contribution in [1.82, 2.24) is 0 Å². The van der Waals surface area contributed by atoms with Crippen LogP contribution in [0.2, 0.25) is 19.1 Å². The van der Waals surface area contributed by atoms with E-state index in [2.05, 4.69) is 43.4 Å². The Kier molecular flexibility index (Phi) is 13.0.